The van der Waals surface area contributed by atoms with E-state index >= 15 is 0 Å². The molecular formula is C16H26N6O4S. The molecule has 2 aromatic rings. The van der Waals surface area contributed by atoms with Gasteiger partial charge >= 0.3 is 5.95 Å². The van der Waals surface area contributed by atoms with E-state index in [0.717, 1.165) is 43.1 Å². The van der Waals surface area contributed by atoms with Crippen LogP contribution in [0.3, 0.4) is 0 Å². The first kappa shape index (κ1) is 22.7. The summed E-state index contributed by atoms with van der Waals surface area (Å²) < 4.78 is 34.9. The molecule has 0 aliphatic rings. The second-order valence-electron chi connectivity index (χ2n) is 5.63. The van der Waals surface area contributed by atoms with Gasteiger partial charge in [-0.15, -0.1) is 0 Å². The third-order valence-electron chi connectivity index (χ3n) is 3.50. The van der Waals surface area contributed by atoms with Gasteiger partial charge in [-0.3, -0.25) is 4.18 Å². The number of likely N-dealkylation sites (N-methyl/N-ethyl adjacent to an activating group) is 1. The minimum absolute atomic E-state index is 0.808. The lowest BCUT2D eigenvalue weighted by molar-refractivity contribution is -0.657. The van der Waals surface area contributed by atoms with Crippen molar-refractivity contribution in [1.29, 1.82) is 0 Å². The molecule has 1 aromatic heterocycles. The number of anilines is 1. The molecule has 0 saturated carbocycles. The summed E-state index contributed by atoms with van der Waals surface area (Å²) >= 11 is 0. The second-order valence-corrected chi connectivity index (χ2v) is 6.78. The van der Waals surface area contributed by atoms with Crippen LogP contribution >= 0.6 is 0 Å². The number of aryl methyl sites for hydroxylation is 3. The maximum atomic E-state index is 9.22. The first-order valence-corrected chi connectivity index (χ1v) is 9.44. The average Bonchev–Trinajstić information content (AvgIpc) is 2.93. The Morgan fingerprint density at radius 2 is 1.96 bits per heavy atom. The van der Waals surface area contributed by atoms with Gasteiger partial charge in [0.2, 0.25) is 10.4 Å². The van der Waals surface area contributed by atoms with E-state index in [0.29, 0.717) is 0 Å². The van der Waals surface area contributed by atoms with Crippen LogP contribution in [0, 0.1) is 6.92 Å². The molecule has 2 N–H and O–H groups in total. The molecule has 0 fully saturated rings. The molecule has 0 bridgehead atoms. The molecule has 0 spiro atoms. The van der Waals surface area contributed by atoms with E-state index in [4.69, 9.17) is 0 Å². The van der Waals surface area contributed by atoms with Crippen molar-refractivity contribution in [3.05, 3.63) is 36.2 Å². The Balaban J connectivity index is 0.000000527. The predicted molar refractivity (Wildman–Crippen MR) is 101 cm³/mol. The van der Waals surface area contributed by atoms with Crippen LogP contribution in [0.2, 0.25) is 0 Å². The van der Waals surface area contributed by atoms with Gasteiger partial charge in [-0.05, 0) is 37.7 Å². The van der Waals surface area contributed by atoms with E-state index in [9.17, 15) is 13.0 Å². The third-order valence-corrected chi connectivity index (χ3v) is 3.91. The molecule has 0 radical (unpaired) electrons. The summed E-state index contributed by atoms with van der Waals surface area (Å²) in [4.78, 5) is 0. The molecule has 0 atom stereocenters. The summed E-state index contributed by atoms with van der Waals surface area (Å²) in [6.07, 6.45) is 3.91. The van der Waals surface area contributed by atoms with E-state index in [-0.39, 0.29) is 0 Å². The quantitative estimate of drug-likeness (QED) is 0.238. The van der Waals surface area contributed by atoms with Crippen LogP contribution in [-0.2, 0) is 28.7 Å². The van der Waals surface area contributed by atoms with Crippen molar-refractivity contribution in [3.8, 4) is 0 Å². The molecule has 150 valence electrons. The monoisotopic (exact) mass is 398 g/mol. The van der Waals surface area contributed by atoms with Crippen LogP contribution in [0.15, 0.2) is 40.8 Å². The van der Waals surface area contributed by atoms with E-state index in [1.165, 1.54) is 0 Å². The Bertz CT molecular complexity index is 844. The highest BCUT2D eigenvalue weighted by atomic mass is 32.3. The zero-order chi connectivity index (χ0) is 20.4. The fourth-order valence-corrected chi connectivity index (χ4v) is 2.03. The summed E-state index contributed by atoms with van der Waals surface area (Å²) in [7, 11) is 2.25. The Kier molecular flexibility index (Phi) is 9.02. The van der Waals surface area contributed by atoms with Crippen molar-refractivity contribution in [2.75, 3.05) is 32.6 Å². The summed E-state index contributed by atoms with van der Waals surface area (Å²) in [5, 5.41) is 15.1. The van der Waals surface area contributed by atoms with E-state index in [2.05, 4.69) is 31.1 Å². The van der Waals surface area contributed by atoms with Crippen LogP contribution in [-0.4, -0.2) is 44.8 Å². The number of nitrogens with one attached hydrogen (secondary N) is 2. The van der Waals surface area contributed by atoms with Gasteiger partial charge in [-0.2, -0.15) is 0 Å². The first-order chi connectivity index (χ1) is 12.7. The molecule has 1 aromatic carbocycles. The van der Waals surface area contributed by atoms with Gasteiger partial charge in [0.1, 0.15) is 5.69 Å². The normalized spacial score (nSPS) is 11.3. The third kappa shape index (κ3) is 8.26. The zero-order valence-electron chi connectivity index (χ0n) is 16.1. The molecule has 1 heterocycles. The number of hydrogen-bond acceptors (Lipinski definition) is 8. The maximum absolute atomic E-state index is 9.22. The minimum Gasteiger partial charge on any atom is -0.726 e. The van der Waals surface area contributed by atoms with Crippen LogP contribution < -0.4 is 15.2 Å². The van der Waals surface area contributed by atoms with Crippen molar-refractivity contribution < 1.29 is 21.7 Å². The van der Waals surface area contributed by atoms with E-state index in [1.807, 2.05) is 61.7 Å². The van der Waals surface area contributed by atoms with Gasteiger partial charge in [0.15, 0.2) is 0 Å². The molecular weight excluding hydrogens is 372 g/mol. The zero-order valence-corrected chi connectivity index (χ0v) is 16.9. The van der Waals surface area contributed by atoms with E-state index < -0.39 is 10.4 Å². The van der Waals surface area contributed by atoms with Crippen LogP contribution in [0.4, 0.5) is 17.3 Å². The van der Waals surface area contributed by atoms with Gasteiger partial charge in [0.05, 0.1) is 33.6 Å². The number of imidazole rings is 1. The predicted octanol–water partition coefficient (Wildman–Crippen LogP) is 1.30. The van der Waals surface area contributed by atoms with Crippen molar-refractivity contribution in [2.45, 2.75) is 6.92 Å². The summed E-state index contributed by atoms with van der Waals surface area (Å²) in [5.74, 6) is 0.811. The second kappa shape index (κ2) is 10.7. The van der Waals surface area contributed by atoms with Crippen molar-refractivity contribution in [2.24, 2.45) is 24.3 Å². The summed E-state index contributed by atoms with van der Waals surface area (Å²) in [5.41, 5.74) is 3.09. The van der Waals surface area contributed by atoms with E-state index in [1.54, 1.807) is 0 Å². The molecule has 27 heavy (non-hydrogen) atoms. The number of benzene rings is 1. The molecule has 0 amide bonds. The van der Waals surface area contributed by atoms with Gasteiger partial charge < -0.3 is 15.2 Å². The highest BCUT2D eigenvalue weighted by Gasteiger charge is 2.10. The van der Waals surface area contributed by atoms with Gasteiger partial charge in [-0.1, -0.05) is 5.11 Å². The van der Waals surface area contributed by atoms with Gasteiger partial charge in [0.25, 0.3) is 0 Å². The average molecular weight is 398 g/mol. The number of hydrogen-bond donors (Lipinski definition) is 2. The number of aromatic nitrogens is 2. The largest absolute Gasteiger partial charge is 0.726 e. The fourth-order valence-electron chi connectivity index (χ4n) is 2.03. The highest BCUT2D eigenvalue weighted by molar-refractivity contribution is 7.80. The molecule has 0 aliphatic heterocycles. The lowest BCUT2D eigenvalue weighted by Crippen LogP contribution is -2.25. The Hall–Kier alpha value is -2.34. The molecule has 0 saturated heterocycles. The van der Waals surface area contributed by atoms with Crippen LogP contribution in [0.1, 0.15) is 5.56 Å². The minimum atomic E-state index is -4.41. The van der Waals surface area contributed by atoms with Crippen LogP contribution in [0.25, 0.3) is 0 Å². The molecule has 11 heteroatoms. The first-order valence-electron chi connectivity index (χ1n) is 8.11. The molecule has 10 nitrogen and oxygen atoms in total. The van der Waals surface area contributed by atoms with Gasteiger partial charge in [-0.25, -0.2) is 17.6 Å². The maximum Gasteiger partial charge on any atom is 0.421 e. The standard InChI is InChI=1S/C15H22N6.CH4O4S/c1-12-11-13(17-8-7-16-2)5-6-14(12)18-19-15-20(3)9-10-21(15)4;1-5-6(2,3)4/h5-6,9-11,16H,7-8H2,1-4H3;1H3,(H,2,3,4). The van der Waals surface area contributed by atoms with Crippen molar-refractivity contribution in [1.82, 2.24) is 9.88 Å². The molecule has 2 rings (SSSR count). The van der Waals surface area contributed by atoms with Crippen molar-refractivity contribution >= 4 is 27.7 Å². The van der Waals surface area contributed by atoms with Crippen molar-refractivity contribution in [3.63, 3.8) is 0 Å². The Morgan fingerprint density at radius 3 is 2.44 bits per heavy atom. The fraction of sp³-hybridized carbons (Fsp3) is 0.438. The Morgan fingerprint density at radius 1 is 1.30 bits per heavy atom. The van der Waals surface area contributed by atoms with Crippen LogP contribution in [0.5, 0.6) is 0 Å². The lowest BCUT2D eigenvalue weighted by atomic mass is 10.2. The number of azo groups is 1. The number of nitrogens with zero attached hydrogens (tertiary/aromatic N) is 4. The Labute approximate surface area is 159 Å². The molecule has 0 unspecified atom stereocenters. The summed E-state index contributed by atoms with van der Waals surface area (Å²) in [6.45, 7) is 3.88. The highest BCUT2D eigenvalue weighted by Crippen LogP contribution is 2.23. The topological polar surface area (TPSA) is 124 Å². The SMILES string of the molecule is CNCCNc1ccc(N=Nc2n(C)cc[n+]2C)c(C)c1.COS(=O)(=O)[O-]. The summed E-state index contributed by atoms with van der Waals surface area (Å²) in [6, 6.07) is 6.11. The molecule has 0 aliphatic carbocycles. The lowest BCUT2D eigenvalue weighted by Gasteiger charge is -2.07. The smallest absolute Gasteiger partial charge is 0.421 e. The van der Waals surface area contributed by atoms with Gasteiger partial charge in [0, 0.05) is 23.9 Å². The number of rotatable bonds is 7.